The van der Waals surface area contributed by atoms with Crippen molar-refractivity contribution in [1.29, 1.82) is 0 Å². The van der Waals surface area contributed by atoms with Crippen LogP contribution in [-0.4, -0.2) is 18.6 Å². The number of amides is 1. The van der Waals surface area contributed by atoms with Gasteiger partial charge in [-0.1, -0.05) is 44.4 Å². The lowest BCUT2D eigenvalue weighted by molar-refractivity contribution is -0.122. The van der Waals surface area contributed by atoms with Crippen LogP contribution >= 0.6 is 0 Å². The van der Waals surface area contributed by atoms with E-state index in [1.165, 1.54) is 19.3 Å². The van der Waals surface area contributed by atoms with Crippen molar-refractivity contribution in [1.82, 2.24) is 0 Å². The second-order valence-corrected chi connectivity index (χ2v) is 6.90. The molecule has 0 unspecified atom stereocenters. The fourth-order valence-electron chi connectivity index (χ4n) is 2.81. The monoisotopic (exact) mass is 369 g/mol. The standard InChI is InChI=1S/C23H31NO3/c1-5-6-7-8-16-26-21-14-12-20(13-15-21)24-23(25)19(4)27-22-17(2)10-9-11-18(22)3/h9-15,19H,5-8,16H2,1-4H3,(H,24,25)/t19-/m0/s1. The first kappa shape index (κ1) is 20.8. The smallest absolute Gasteiger partial charge is 0.265 e. The van der Waals surface area contributed by atoms with Crippen LogP contribution in [0, 0.1) is 13.8 Å². The molecule has 4 nitrogen and oxygen atoms in total. The van der Waals surface area contributed by atoms with Crippen LogP contribution in [0.4, 0.5) is 5.69 Å². The minimum Gasteiger partial charge on any atom is -0.494 e. The van der Waals surface area contributed by atoms with Crippen molar-refractivity contribution in [2.45, 2.75) is 59.5 Å². The summed E-state index contributed by atoms with van der Waals surface area (Å²) in [5, 5.41) is 2.89. The molecule has 0 spiro atoms. The van der Waals surface area contributed by atoms with Gasteiger partial charge in [0.1, 0.15) is 11.5 Å². The van der Waals surface area contributed by atoms with E-state index in [4.69, 9.17) is 9.47 Å². The maximum Gasteiger partial charge on any atom is 0.265 e. The Balaban J connectivity index is 1.84. The SMILES string of the molecule is CCCCCCOc1ccc(NC(=O)[C@H](C)Oc2c(C)cccc2C)cc1. The minimum absolute atomic E-state index is 0.175. The molecule has 0 aliphatic rings. The van der Waals surface area contributed by atoms with E-state index in [0.717, 1.165) is 41.3 Å². The lowest BCUT2D eigenvalue weighted by Gasteiger charge is -2.18. The van der Waals surface area contributed by atoms with E-state index in [1.807, 2.05) is 56.3 Å². The van der Waals surface area contributed by atoms with Gasteiger partial charge in [0.25, 0.3) is 5.91 Å². The van der Waals surface area contributed by atoms with E-state index in [-0.39, 0.29) is 5.91 Å². The molecule has 1 atom stereocenters. The molecule has 0 saturated heterocycles. The van der Waals surface area contributed by atoms with E-state index in [9.17, 15) is 4.79 Å². The van der Waals surface area contributed by atoms with Gasteiger partial charge in [-0.3, -0.25) is 4.79 Å². The Bertz CT molecular complexity index is 705. The minimum atomic E-state index is -0.584. The normalized spacial score (nSPS) is 11.7. The third-order valence-electron chi connectivity index (χ3n) is 4.46. The van der Waals surface area contributed by atoms with Crippen molar-refractivity contribution >= 4 is 11.6 Å². The van der Waals surface area contributed by atoms with Gasteiger partial charge in [0.15, 0.2) is 6.10 Å². The number of para-hydroxylation sites is 1. The zero-order valence-electron chi connectivity index (χ0n) is 16.9. The molecule has 1 N–H and O–H groups in total. The first-order valence-electron chi connectivity index (χ1n) is 9.78. The molecular formula is C23H31NO3. The van der Waals surface area contributed by atoms with Crippen molar-refractivity contribution in [3.63, 3.8) is 0 Å². The molecule has 1 amide bonds. The zero-order valence-corrected chi connectivity index (χ0v) is 16.9. The van der Waals surface area contributed by atoms with Crippen molar-refractivity contribution in [3.8, 4) is 11.5 Å². The van der Waals surface area contributed by atoms with Crippen molar-refractivity contribution in [2.75, 3.05) is 11.9 Å². The molecule has 0 heterocycles. The number of rotatable bonds is 10. The molecule has 0 saturated carbocycles. The average molecular weight is 370 g/mol. The van der Waals surface area contributed by atoms with E-state index in [1.54, 1.807) is 6.92 Å². The summed E-state index contributed by atoms with van der Waals surface area (Å²) in [4.78, 5) is 12.4. The van der Waals surface area contributed by atoms with Crippen LogP contribution in [0.2, 0.25) is 0 Å². The van der Waals surface area contributed by atoms with Crippen molar-refractivity contribution in [2.24, 2.45) is 0 Å². The van der Waals surface area contributed by atoms with Gasteiger partial charge in [0.05, 0.1) is 6.61 Å². The van der Waals surface area contributed by atoms with Gasteiger partial charge in [-0.05, 0) is 62.6 Å². The number of ether oxygens (including phenoxy) is 2. The van der Waals surface area contributed by atoms with Crippen LogP contribution in [0.1, 0.15) is 50.7 Å². The highest BCUT2D eigenvalue weighted by molar-refractivity contribution is 5.94. The molecule has 0 fully saturated rings. The van der Waals surface area contributed by atoms with Gasteiger partial charge in [-0.15, -0.1) is 0 Å². The summed E-state index contributed by atoms with van der Waals surface area (Å²) in [5.74, 6) is 1.42. The lowest BCUT2D eigenvalue weighted by Crippen LogP contribution is -2.30. The first-order chi connectivity index (χ1) is 13.0. The third kappa shape index (κ3) is 6.63. The number of hydrogen-bond donors (Lipinski definition) is 1. The largest absolute Gasteiger partial charge is 0.494 e. The van der Waals surface area contributed by atoms with E-state index < -0.39 is 6.10 Å². The van der Waals surface area contributed by atoms with Crippen molar-refractivity contribution < 1.29 is 14.3 Å². The molecule has 0 aromatic heterocycles. The molecule has 27 heavy (non-hydrogen) atoms. The predicted octanol–water partition coefficient (Wildman–Crippen LogP) is 5.67. The lowest BCUT2D eigenvalue weighted by atomic mass is 10.1. The van der Waals surface area contributed by atoms with E-state index in [2.05, 4.69) is 12.2 Å². The second kappa shape index (κ2) is 10.6. The van der Waals surface area contributed by atoms with E-state index in [0.29, 0.717) is 0 Å². The van der Waals surface area contributed by atoms with Crippen LogP contribution in [0.5, 0.6) is 11.5 Å². The number of unbranched alkanes of at least 4 members (excludes halogenated alkanes) is 3. The van der Waals surface area contributed by atoms with Crippen LogP contribution in [0.15, 0.2) is 42.5 Å². The number of carbonyl (C=O) groups is 1. The number of anilines is 1. The Hall–Kier alpha value is -2.49. The first-order valence-corrected chi connectivity index (χ1v) is 9.78. The molecule has 0 aliphatic heterocycles. The number of aryl methyl sites for hydroxylation is 2. The summed E-state index contributed by atoms with van der Waals surface area (Å²) < 4.78 is 11.6. The molecule has 4 heteroatoms. The average Bonchev–Trinajstić information content (AvgIpc) is 2.66. The fraction of sp³-hybridized carbons (Fsp3) is 0.435. The zero-order chi connectivity index (χ0) is 19.6. The predicted molar refractivity (Wildman–Crippen MR) is 111 cm³/mol. The Morgan fingerprint density at radius 3 is 2.30 bits per heavy atom. The maximum atomic E-state index is 12.4. The Morgan fingerprint density at radius 2 is 1.67 bits per heavy atom. The van der Waals surface area contributed by atoms with Gasteiger partial charge in [-0.2, -0.15) is 0 Å². The summed E-state index contributed by atoms with van der Waals surface area (Å²) >= 11 is 0. The number of hydrogen-bond acceptors (Lipinski definition) is 3. The molecule has 0 radical (unpaired) electrons. The van der Waals surface area contributed by atoms with Gasteiger partial charge in [0, 0.05) is 5.69 Å². The van der Waals surface area contributed by atoms with Gasteiger partial charge >= 0.3 is 0 Å². The molecule has 2 aromatic rings. The van der Waals surface area contributed by atoms with Gasteiger partial charge in [0.2, 0.25) is 0 Å². The summed E-state index contributed by atoms with van der Waals surface area (Å²) in [6, 6.07) is 13.4. The molecular weight excluding hydrogens is 338 g/mol. The Kier molecular flexibility index (Phi) is 8.18. The number of benzene rings is 2. The summed E-state index contributed by atoms with van der Waals surface area (Å²) in [6.45, 7) is 8.64. The summed E-state index contributed by atoms with van der Waals surface area (Å²) in [7, 11) is 0. The van der Waals surface area contributed by atoms with Crippen molar-refractivity contribution in [3.05, 3.63) is 53.6 Å². The third-order valence-corrected chi connectivity index (χ3v) is 4.46. The van der Waals surface area contributed by atoms with Gasteiger partial charge in [-0.25, -0.2) is 0 Å². The van der Waals surface area contributed by atoms with Crippen LogP contribution in [-0.2, 0) is 4.79 Å². The molecule has 2 rings (SSSR count). The summed E-state index contributed by atoms with van der Waals surface area (Å²) in [6.07, 6.45) is 4.15. The fourth-order valence-corrected chi connectivity index (χ4v) is 2.81. The Morgan fingerprint density at radius 1 is 1.00 bits per heavy atom. The van der Waals surface area contributed by atoms with Crippen LogP contribution < -0.4 is 14.8 Å². The van der Waals surface area contributed by atoms with E-state index >= 15 is 0 Å². The maximum absolute atomic E-state index is 12.4. The highest BCUT2D eigenvalue weighted by Gasteiger charge is 2.17. The Labute approximate surface area is 162 Å². The van der Waals surface area contributed by atoms with Crippen LogP contribution in [0.25, 0.3) is 0 Å². The second-order valence-electron chi connectivity index (χ2n) is 6.90. The molecule has 2 aromatic carbocycles. The van der Waals surface area contributed by atoms with Gasteiger partial charge < -0.3 is 14.8 Å². The van der Waals surface area contributed by atoms with Crippen LogP contribution in [0.3, 0.4) is 0 Å². The molecule has 0 aliphatic carbocycles. The topological polar surface area (TPSA) is 47.6 Å². The molecule has 0 bridgehead atoms. The highest BCUT2D eigenvalue weighted by atomic mass is 16.5. The highest BCUT2D eigenvalue weighted by Crippen LogP contribution is 2.24. The number of carbonyl (C=O) groups excluding carboxylic acids is 1. The number of nitrogens with one attached hydrogen (secondary N) is 1. The summed E-state index contributed by atoms with van der Waals surface area (Å²) in [5.41, 5.74) is 2.78. The quantitative estimate of drug-likeness (QED) is 0.549. The molecule has 146 valence electrons.